The van der Waals surface area contributed by atoms with E-state index < -0.39 is 29.5 Å². The number of rotatable bonds is 5. The second-order valence-electron chi connectivity index (χ2n) is 15.5. The fourth-order valence-corrected chi connectivity index (χ4v) is 10.7. The molecule has 11 atom stereocenters. The van der Waals surface area contributed by atoms with E-state index in [4.69, 9.17) is 0 Å². The van der Waals surface area contributed by atoms with Gasteiger partial charge in [0.2, 0.25) is 0 Å². The van der Waals surface area contributed by atoms with Crippen LogP contribution in [-0.4, -0.2) is 55.0 Å². The maximum Gasteiger partial charge on any atom is 0.0651 e. The summed E-state index contributed by atoms with van der Waals surface area (Å²) in [6.45, 7) is 16.8. The molecule has 0 radical (unpaired) electrons. The van der Waals surface area contributed by atoms with Gasteiger partial charge in [0.1, 0.15) is 0 Å². The van der Waals surface area contributed by atoms with Crippen molar-refractivity contribution in [3.8, 4) is 0 Å². The van der Waals surface area contributed by atoms with Crippen LogP contribution in [0.1, 0.15) is 113 Å². The van der Waals surface area contributed by atoms with E-state index in [1.807, 2.05) is 20.8 Å². The highest BCUT2D eigenvalue weighted by Crippen LogP contribution is 2.75. The Balaban J connectivity index is 1.66. The number of fused-ring (bicyclic) bond motifs is 5. The van der Waals surface area contributed by atoms with Crippen molar-refractivity contribution in [2.45, 2.75) is 143 Å². The van der Waals surface area contributed by atoms with Gasteiger partial charge in [0.15, 0.2) is 0 Å². The van der Waals surface area contributed by atoms with E-state index in [0.29, 0.717) is 25.7 Å². The predicted octanol–water partition coefficient (Wildman–Crippen LogP) is 4.67. The molecule has 5 N–H and O–H groups in total. The first-order chi connectivity index (χ1) is 15.8. The zero-order valence-electron chi connectivity index (χ0n) is 23.6. The molecule has 4 rings (SSSR count). The molecule has 0 unspecified atom stereocenters. The molecular formula is C30H54O5. The monoisotopic (exact) mass is 494 g/mol. The third-order valence-electron chi connectivity index (χ3n) is 12.5. The third-order valence-corrected chi connectivity index (χ3v) is 12.5. The van der Waals surface area contributed by atoms with Gasteiger partial charge in [-0.3, -0.25) is 0 Å². The summed E-state index contributed by atoms with van der Waals surface area (Å²) in [5.41, 5.74) is -2.45. The molecule has 4 saturated carbocycles. The van der Waals surface area contributed by atoms with Gasteiger partial charge in [-0.15, -0.1) is 0 Å². The lowest BCUT2D eigenvalue weighted by Crippen LogP contribution is -2.69. The second-order valence-corrected chi connectivity index (χ2v) is 15.5. The summed E-state index contributed by atoms with van der Waals surface area (Å²) in [5.74, 6) is 0.279. The lowest BCUT2D eigenvalue weighted by molar-refractivity contribution is -0.274. The van der Waals surface area contributed by atoms with Crippen molar-refractivity contribution in [1.29, 1.82) is 0 Å². The molecule has 35 heavy (non-hydrogen) atoms. The largest absolute Gasteiger partial charge is 0.393 e. The van der Waals surface area contributed by atoms with E-state index in [-0.39, 0.29) is 45.3 Å². The lowest BCUT2D eigenvalue weighted by atomic mass is 9.34. The topological polar surface area (TPSA) is 101 Å². The van der Waals surface area contributed by atoms with Crippen molar-refractivity contribution in [2.75, 3.05) is 0 Å². The highest BCUT2D eigenvalue weighted by Gasteiger charge is 2.72. The average Bonchev–Trinajstić information content (AvgIpc) is 3.07. The van der Waals surface area contributed by atoms with Crippen LogP contribution in [0.25, 0.3) is 0 Å². The van der Waals surface area contributed by atoms with Gasteiger partial charge in [-0.25, -0.2) is 0 Å². The quantitative estimate of drug-likeness (QED) is 0.382. The molecule has 5 heteroatoms. The van der Waals surface area contributed by atoms with Crippen LogP contribution in [0, 0.1) is 45.3 Å². The molecule has 0 aromatic heterocycles. The number of aliphatic hydroxyl groups excluding tert-OH is 3. The Morgan fingerprint density at radius 1 is 0.800 bits per heavy atom. The lowest BCUT2D eigenvalue weighted by Gasteiger charge is -2.71. The van der Waals surface area contributed by atoms with Crippen LogP contribution >= 0.6 is 0 Å². The van der Waals surface area contributed by atoms with Gasteiger partial charge in [-0.1, -0.05) is 34.6 Å². The molecule has 4 fully saturated rings. The van der Waals surface area contributed by atoms with Crippen molar-refractivity contribution in [3.05, 3.63) is 0 Å². The summed E-state index contributed by atoms with van der Waals surface area (Å²) in [7, 11) is 0. The fourth-order valence-electron chi connectivity index (χ4n) is 10.7. The van der Waals surface area contributed by atoms with Crippen LogP contribution in [0.3, 0.4) is 0 Å². The van der Waals surface area contributed by atoms with Crippen LogP contribution in [0.4, 0.5) is 0 Å². The molecule has 0 aliphatic heterocycles. The minimum atomic E-state index is -0.894. The van der Waals surface area contributed by atoms with Gasteiger partial charge in [0.05, 0.1) is 29.5 Å². The first-order valence-corrected chi connectivity index (χ1v) is 14.3. The van der Waals surface area contributed by atoms with E-state index in [1.54, 1.807) is 0 Å². The molecular weight excluding hydrogens is 440 g/mol. The van der Waals surface area contributed by atoms with Crippen LogP contribution in [0.15, 0.2) is 0 Å². The normalized spacial score (nSPS) is 51.2. The minimum Gasteiger partial charge on any atom is -0.393 e. The zero-order valence-corrected chi connectivity index (χ0v) is 23.6. The highest BCUT2D eigenvalue weighted by molar-refractivity contribution is 5.21. The summed E-state index contributed by atoms with van der Waals surface area (Å²) in [6.07, 6.45) is 5.51. The van der Waals surface area contributed by atoms with Crippen LogP contribution in [0.2, 0.25) is 0 Å². The first-order valence-electron chi connectivity index (χ1n) is 14.3. The van der Waals surface area contributed by atoms with Gasteiger partial charge >= 0.3 is 0 Å². The molecule has 0 heterocycles. The smallest absolute Gasteiger partial charge is 0.0651 e. The summed E-state index contributed by atoms with van der Waals surface area (Å²) < 4.78 is 0. The van der Waals surface area contributed by atoms with Crippen molar-refractivity contribution in [3.63, 3.8) is 0 Å². The van der Waals surface area contributed by atoms with E-state index in [1.165, 1.54) is 0 Å². The SMILES string of the molecule is CC(C)(O)CCC[C@@](C)(O)[C@H]1CC[C@]2(C)[C@@H]1[C@H](O)C[C@@H]1[C@@]3(C)CC[C@H](O)C(C)(C)[C@@H]3[C@H](O)C[C@]12C. The van der Waals surface area contributed by atoms with Crippen molar-refractivity contribution >= 4 is 0 Å². The van der Waals surface area contributed by atoms with Crippen LogP contribution in [0.5, 0.6) is 0 Å². The molecule has 204 valence electrons. The Hall–Kier alpha value is -0.200. The molecule has 5 nitrogen and oxygen atoms in total. The third kappa shape index (κ3) is 4.06. The van der Waals surface area contributed by atoms with Gasteiger partial charge in [-0.2, -0.15) is 0 Å². The summed E-state index contributed by atoms with van der Waals surface area (Å²) in [4.78, 5) is 0. The van der Waals surface area contributed by atoms with E-state index in [9.17, 15) is 25.5 Å². The Bertz CT molecular complexity index is 801. The molecule has 0 bridgehead atoms. The Kier molecular flexibility index (Phi) is 6.68. The Morgan fingerprint density at radius 3 is 2.03 bits per heavy atom. The summed E-state index contributed by atoms with van der Waals surface area (Å²) in [6, 6.07) is 0. The van der Waals surface area contributed by atoms with E-state index in [0.717, 1.165) is 32.1 Å². The van der Waals surface area contributed by atoms with Crippen molar-refractivity contribution in [2.24, 2.45) is 45.3 Å². The van der Waals surface area contributed by atoms with Gasteiger partial charge in [0, 0.05) is 0 Å². The average molecular weight is 495 g/mol. The standard InChI is InChI=1S/C30H54O5/c1-25(2,34)12-9-13-30(8,35)18-10-15-28(6)23(18)19(31)16-21-27(5)14-11-22(33)26(3,4)24(27)20(32)17-29(21,28)7/h18-24,31-35H,9-17H2,1-8H3/t18-,19+,20+,21+,22-,23-,24-,27+,28+,29+,30+/m0/s1. The van der Waals surface area contributed by atoms with Gasteiger partial charge < -0.3 is 25.5 Å². The van der Waals surface area contributed by atoms with E-state index >= 15 is 0 Å². The predicted molar refractivity (Wildman–Crippen MR) is 139 cm³/mol. The number of hydrogen-bond acceptors (Lipinski definition) is 5. The molecule has 0 amide bonds. The van der Waals surface area contributed by atoms with Crippen molar-refractivity contribution in [1.82, 2.24) is 0 Å². The number of hydrogen-bond donors (Lipinski definition) is 5. The van der Waals surface area contributed by atoms with Crippen molar-refractivity contribution < 1.29 is 25.5 Å². The Morgan fingerprint density at radius 2 is 1.43 bits per heavy atom. The summed E-state index contributed by atoms with van der Waals surface area (Å²) in [5, 5.41) is 56.2. The Labute approximate surface area is 213 Å². The van der Waals surface area contributed by atoms with Gasteiger partial charge in [-0.05, 0) is 124 Å². The van der Waals surface area contributed by atoms with Gasteiger partial charge in [0.25, 0.3) is 0 Å². The maximum atomic E-state index is 11.8. The molecule has 0 aromatic carbocycles. The highest BCUT2D eigenvalue weighted by atomic mass is 16.3. The molecule has 0 spiro atoms. The summed E-state index contributed by atoms with van der Waals surface area (Å²) >= 11 is 0. The molecule has 4 aliphatic rings. The first kappa shape index (κ1) is 27.8. The van der Waals surface area contributed by atoms with Crippen LogP contribution < -0.4 is 0 Å². The molecule has 0 saturated heterocycles. The fraction of sp³-hybridized carbons (Fsp3) is 1.00. The van der Waals surface area contributed by atoms with Crippen LogP contribution in [-0.2, 0) is 0 Å². The molecule has 4 aliphatic carbocycles. The maximum absolute atomic E-state index is 11.8. The minimum absolute atomic E-state index is 0.00423. The number of aliphatic hydroxyl groups is 5. The second kappa shape index (κ2) is 8.40. The zero-order chi connectivity index (χ0) is 26.4. The molecule has 0 aromatic rings. The van der Waals surface area contributed by atoms with E-state index in [2.05, 4.69) is 34.6 Å².